The molecule has 4 nitrogen and oxygen atoms in total. The molecule has 0 saturated carbocycles. The van der Waals surface area contributed by atoms with Gasteiger partial charge in [0, 0.05) is 18.0 Å². The molecule has 1 unspecified atom stereocenters. The SMILES string of the molecule is CC(CO)N(C)CC(C)(CO)CO. The van der Waals surface area contributed by atoms with Gasteiger partial charge in [-0.3, -0.25) is 0 Å². The number of rotatable bonds is 6. The van der Waals surface area contributed by atoms with Gasteiger partial charge in [0.05, 0.1) is 19.8 Å². The van der Waals surface area contributed by atoms with Crippen LogP contribution in [-0.2, 0) is 0 Å². The lowest BCUT2D eigenvalue weighted by Gasteiger charge is -2.33. The summed E-state index contributed by atoms with van der Waals surface area (Å²) in [7, 11) is 1.87. The van der Waals surface area contributed by atoms with E-state index in [9.17, 15) is 0 Å². The second-order valence-electron chi connectivity index (χ2n) is 4.07. The second kappa shape index (κ2) is 5.54. The zero-order valence-electron chi connectivity index (χ0n) is 8.69. The highest BCUT2D eigenvalue weighted by molar-refractivity contribution is 4.77. The van der Waals surface area contributed by atoms with Crippen molar-refractivity contribution in [2.45, 2.75) is 19.9 Å². The first-order valence-corrected chi connectivity index (χ1v) is 4.52. The Balaban J connectivity index is 4.08. The molecule has 13 heavy (non-hydrogen) atoms. The van der Waals surface area contributed by atoms with Crippen molar-refractivity contribution in [3.05, 3.63) is 0 Å². The minimum Gasteiger partial charge on any atom is -0.396 e. The molecule has 80 valence electrons. The van der Waals surface area contributed by atoms with Crippen LogP contribution in [0.2, 0.25) is 0 Å². The number of aliphatic hydroxyl groups excluding tert-OH is 3. The molecule has 0 fully saturated rings. The summed E-state index contributed by atoms with van der Waals surface area (Å²) in [5, 5.41) is 27.0. The van der Waals surface area contributed by atoms with Crippen LogP contribution in [0.3, 0.4) is 0 Å². The molecule has 0 spiro atoms. The quantitative estimate of drug-likeness (QED) is 0.519. The van der Waals surface area contributed by atoms with Crippen molar-refractivity contribution in [3.8, 4) is 0 Å². The van der Waals surface area contributed by atoms with E-state index >= 15 is 0 Å². The van der Waals surface area contributed by atoms with Crippen LogP contribution < -0.4 is 0 Å². The van der Waals surface area contributed by atoms with Crippen molar-refractivity contribution in [2.75, 3.05) is 33.4 Å². The molecule has 0 aromatic carbocycles. The van der Waals surface area contributed by atoms with Crippen LogP contribution >= 0.6 is 0 Å². The average Bonchev–Trinajstić information content (AvgIpc) is 2.16. The zero-order chi connectivity index (χ0) is 10.5. The summed E-state index contributed by atoms with van der Waals surface area (Å²) in [6.45, 7) is 4.27. The van der Waals surface area contributed by atoms with Gasteiger partial charge in [0.25, 0.3) is 0 Å². The molecule has 0 saturated heterocycles. The maximum atomic E-state index is 9.04. The minimum absolute atomic E-state index is 0.0496. The van der Waals surface area contributed by atoms with Gasteiger partial charge in [0.2, 0.25) is 0 Å². The topological polar surface area (TPSA) is 63.9 Å². The van der Waals surface area contributed by atoms with E-state index in [-0.39, 0.29) is 25.9 Å². The predicted molar refractivity (Wildman–Crippen MR) is 51.5 cm³/mol. The lowest BCUT2D eigenvalue weighted by atomic mass is 9.92. The van der Waals surface area contributed by atoms with Gasteiger partial charge in [-0.25, -0.2) is 0 Å². The lowest BCUT2D eigenvalue weighted by Crippen LogP contribution is -2.43. The third-order valence-corrected chi connectivity index (χ3v) is 2.41. The number of nitrogens with zero attached hydrogens (tertiary/aromatic N) is 1. The zero-order valence-corrected chi connectivity index (χ0v) is 8.69. The molecule has 0 heterocycles. The summed E-state index contributed by atoms with van der Waals surface area (Å²) in [5.41, 5.74) is -0.488. The standard InChI is InChI=1S/C9H21NO3/c1-8(4-11)10(3)5-9(2,6-12)7-13/h8,11-13H,4-7H2,1-3H3. The van der Waals surface area contributed by atoms with Crippen molar-refractivity contribution in [2.24, 2.45) is 5.41 Å². The predicted octanol–water partition coefficient (Wildman–Crippen LogP) is -0.710. The fraction of sp³-hybridized carbons (Fsp3) is 1.00. The Morgan fingerprint density at radius 1 is 1.23 bits per heavy atom. The van der Waals surface area contributed by atoms with Gasteiger partial charge in [-0.05, 0) is 14.0 Å². The Labute approximate surface area is 79.8 Å². The van der Waals surface area contributed by atoms with Gasteiger partial charge >= 0.3 is 0 Å². The Kier molecular flexibility index (Phi) is 5.48. The molecule has 0 aromatic heterocycles. The lowest BCUT2D eigenvalue weighted by molar-refractivity contribution is 0.0249. The molecule has 0 aliphatic rings. The summed E-state index contributed by atoms with van der Waals surface area (Å²) < 4.78 is 0. The third kappa shape index (κ3) is 4.04. The first-order valence-electron chi connectivity index (χ1n) is 4.52. The Morgan fingerprint density at radius 3 is 2.00 bits per heavy atom. The minimum atomic E-state index is -0.488. The van der Waals surface area contributed by atoms with E-state index in [1.54, 1.807) is 0 Å². The van der Waals surface area contributed by atoms with Crippen molar-refractivity contribution in [3.63, 3.8) is 0 Å². The smallest absolute Gasteiger partial charge is 0.0584 e. The van der Waals surface area contributed by atoms with Gasteiger partial charge < -0.3 is 20.2 Å². The van der Waals surface area contributed by atoms with Gasteiger partial charge in [-0.15, -0.1) is 0 Å². The molecule has 0 aliphatic heterocycles. The molecule has 0 amide bonds. The Hall–Kier alpha value is -0.160. The van der Waals surface area contributed by atoms with Gasteiger partial charge in [-0.1, -0.05) is 6.92 Å². The van der Waals surface area contributed by atoms with E-state index in [1.165, 1.54) is 0 Å². The van der Waals surface area contributed by atoms with Crippen LogP contribution in [0.1, 0.15) is 13.8 Å². The van der Waals surface area contributed by atoms with Gasteiger partial charge in [0.15, 0.2) is 0 Å². The van der Waals surface area contributed by atoms with Gasteiger partial charge in [0.1, 0.15) is 0 Å². The largest absolute Gasteiger partial charge is 0.396 e. The molecular formula is C9H21NO3. The molecule has 0 radical (unpaired) electrons. The first kappa shape index (κ1) is 12.8. The number of hydrogen-bond acceptors (Lipinski definition) is 4. The summed E-state index contributed by atoms with van der Waals surface area (Å²) in [6.07, 6.45) is 0. The van der Waals surface area contributed by atoms with Crippen molar-refractivity contribution >= 4 is 0 Å². The molecule has 0 aliphatic carbocycles. The van der Waals surface area contributed by atoms with Crippen LogP contribution in [0.4, 0.5) is 0 Å². The van der Waals surface area contributed by atoms with Crippen LogP contribution in [0.15, 0.2) is 0 Å². The molecule has 0 rings (SSSR count). The molecule has 4 heteroatoms. The third-order valence-electron chi connectivity index (χ3n) is 2.41. The highest BCUT2D eigenvalue weighted by Gasteiger charge is 2.25. The van der Waals surface area contributed by atoms with Crippen LogP contribution in [0.25, 0.3) is 0 Å². The molecule has 1 atom stereocenters. The fourth-order valence-electron chi connectivity index (χ4n) is 1.05. The van der Waals surface area contributed by atoms with E-state index < -0.39 is 5.41 Å². The average molecular weight is 191 g/mol. The van der Waals surface area contributed by atoms with Gasteiger partial charge in [-0.2, -0.15) is 0 Å². The summed E-state index contributed by atoms with van der Waals surface area (Å²) in [4.78, 5) is 1.92. The van der Waals surface area contributed by atoms with Crippen molar-refractivity contribution < 1.29 is 15.3 Å². The van der Waals surface area contributed by atoms with E-state index in [0.29, 0.717) is 6.54 Å². The number of aliphatic hydroxyl groups is 3. The highest BCUT2D eigenvalue weighted by Crippen LogP contribution is 2.16. The second-order valence-corrected chi connectivity index (χ2v) is 4.07. The molecule has 0 bridgehead atoms. The van der Waals surface area contributed by atoms with Crippen LogP contribution in [0.5, 0.6) is 0 Å². The van der Waals surface area contributed by atoms with Crippen molar-refractivity contribution in [1.29, 1.82) is 0 Å². The Morgan fingerprint density at radius 2 is 1.69 bits per heavy atom. The molecular weight excluding hydrogens is 170 g/mol. The first-order chi connectivity index (χ1) is 5.99. The van der Waals surface area contributed by atoms with E-state index in [4.69, 9.17) is 15.3 Å². The Bertz CT molecular complexity index is 137. The summed E-state index contributed by atoms with van der Waals surface area (Å²) >= 11 is 0. The van der Waals surface area contributed by atoms with E-state index in [0.717, 1.165) is 0 Å². The fourth-order valence-corrected chi connectivity index (χ4v) is 1.05. The number of likely N-dealkylation sites (N-methyl/N-ethyl adjacent to an activating group) is 1. The van der Waals surface area contributed by atoms with Crippen LogP contribution in [-0.4, -0.2) is 59.7 Å². The molecule has 3 N–H and O–H groups in total. The monoisotopic (exact) mass is 191 g/mol. The highest BCUT2D eigenvalue weighted by atomic mass is 16.3. The maximum Gasteiger partial charge on any atom is 0.0584 e. The maximum absolute atomic E-state index is 9.04. The number of hydrogen-bond donors (Lipinski definition) is 3. The summed E-state index contributed by atoms with van der Waals surface area (Å²) in [6, 6.07) is 0.0532. The molecule has 0 aromatic rings. The van der Waals surface area contributed by atoms with Crippen LogP contribution in [0, 0.1) is 5.41 Å². The van der Waals surface area contributed by atoms with E-state index in [2.05, 4.69) is 0 Å². The van der Waals surface area contributed by atoms with Crippen molar-refractivity contribution in [1.82, 2.24) is 4.90 Å². The normalized spacial score (nSPS) is 15.0. The summed E-state index contributed by atoms with van der Waals surface area (Å²) in [5.74, 6) is 0. The van der Waals surface area contributed by atoms with E-state index in [1.807, 2.05) is 25.8 Å².